The Labute approximate surface area is 166 Å². The summed E-state index contributed by atoms with van der Waals surface area (Å²) < 4.78 is 23.2. The highest BCUT2D eigenvalue weighted by Crippen LogP contribution is 2.16. The van der Waals surface area contributed by atoms with Crippen molar-refractivity contribution in [2.45, 2.75) is 18.4 Å². The van der Waals surface area contributed by atoms with Crippen LogP contribution in [0.2, 0.25) is 0 Å². The maximum absolute atomic E-state index is 11.6. The number of thioether (sulfide) groups is 1. The second-order valence-corrected chi connectivity index (χ2v) is 8.22. The summed E-state index contributed by atoms with van der Waals surface area (Å²) in [5.41, 5.74) is 1.77. The van der Waals surface area contributed by atoms with Crippen molar-refractivity contribution < 1.29 is 8.42 Å². The molecule has 0 unspecified atom stereocenters. The lowest BCUT2D eigenvalue weighted by atomic mass is 10.1. The van der Waals surface area contributed by atoms with Crippen LogP contribution in [-0.2, 0) is 16.4 Å². The molecule has 0 bridgehead atoms. The number of aryl methyl sites for hydroxylation is 1. The number of sulfone groups is 1. The fourth-order valence-corrected chi connectivity index (χ4v) is 3.59. The Morgan fingerprint density at radius 3 is 2.62 bits per heavy atom. The van der Waals surface area contributed by atoms with E-state index in [4.69, 9.17) is 0 Å². The minimum absolute atomic E-state index is 0. The Hall–Kier alpha value is -0.740. The number of halogens is 1. The topological polar surface area (TPSA) is 70.6 Å². The Kier molecular flexibility index (Phi) is 11.4. The second-order valence-electron chi connectivity index (χ2n) is 5.09. The Balaban J connectivity index is 0.00000529. The van der Waals surface area contributed by atoms with Crippen LogP contribution in [0.3, 0.4) is 0 Å². The van der Waals surface area contributed by atoms with Crippen LogP contribution in [0.25, 0.3) is 0 Å². The highest BCUT2D eigenvalue weighted by Gasteiger charge is 2.10. The highest BCUT2D eigenvalue weighted by molar-refractivity contribution is 14.0. The number of aliphatic imine (C=N–C) groups is 1. The first-order chi connectivity index (χ1) is 10.9. The zero-order valence-electron chi connectivity index (χ0n) is 14.3. The third-order valence-electron chi connectivity index (χ3n) is 3.10. The van der Waals surface area contributed by atoms with Gasteiger partial charge in [-0.05, 0) is 24.1 Å². The zero-order valence-corrected chi connectivity index (χ0v) is 18.3. The molecule has 1 aromatic carbocycles. The summed E-state index contributed by atoms with van der Waals surface area (Å²) in [5, 5.41) is 6.46. The Bertz CT molecular complexity index is 661. The fourth-order valence-electron chi connectivity index (χ4n) is 2.05. The van der Waals surface area contributed by atoms with Crippen molar-refractivity contribution in [2.75, 3.05) is 31.4 Å². The number of hydrogen-bond donors (Lipinski definition) is 2. The predicted molar refractivity (Wildman–Crippen MR) is 115 cm³/mol. The van der Waals surface area contributed by atoms with Gasteiger partial charge in [0.1, 0.15) is 0 Å². The van der Waals surface area contributed by atoms with E-state index in [1.807, 2.05) is 25.1 Å². The summed E-state index contributed by atoms with van der Waals surface area (Å²) >= 11 is 1.81. The number of guanidine groups is 1. The molecule has 0 amide bonds. The van der Waals surface area contributed by atoms with E-state index in [0.717, 1.165) is 35.1 Å². The molecular weight excluding hydrogens is 457 g/mol. The summed E-state index contributed by atoms with van der Waals surface area (Å²) in [6.07, 6.45) is 3.11. The number of nitrogens with zero attached hydrogens (tertiary/aromatic N) is 1. The van der Waals surface area contributed by atoms with Crippen LogP contribution >= 0.6 is 35.7 Å². The number of nitrogens with one attached hydrogen (secondary N) is 2. The standard InChI is InChI=1S/C16H25N3O2S2.HI/c1-5-9-22-10-8-18-16(17-3)19-12-14-6-7-15(13(2)11-14)23(4,20)21;/h5-7,11H,1,8-10,12H2,2-4H3,(H2,17,18,19);1H. The van der Waals surface area contributed by atoms with Gasteiger partial charge in [-0.2, -0.15) is 11.8 Å². The maximum Gasteiger partial charge on any atom is 0.191 e. The molecule has 0 aromatic heterocycles. The van der Waals surface area contributed by atoms with Crippen LogP contribution in [0.1, 0.15) is 11.1 Å². The van der Waals surface area contributed by atoms with E-state index in [1.54, 1.807) is 24.9 Å². The Morgan fingerprint density at radius 1 is 1.38 bits per heavy atom. The number of hydrogen-bond acceptors (Lipinski definition) is 4. The van der Waals surface area contributed by atoms with Crippen molar-refractivity contribution >= 4 is 51.5 Å². The quantitative estimate of drug-likeness (QED) is 0.196. The lowest BCUT2D eigenvalue weighted by Gasteiger charge is -2.12. The number of rotatable bonds is 8. The first-order valence-electron chi connectivity index (χ1n) is 7.31. The van der Waals surface area contributed by atoms with Crippen LogP contribution < -0.4 is 10.6 Å². The molecule has 0 fully saturated rings. The van der Waals surface area contributed by atoms with Gasteiger partial charge in [-0.25, -0.2) is 8.42 Å². The van der Waals surface area contributed by atoms with E-state index in [9.17, 15) is 8.42 Å². The van der Waals surface area contributed by atoms with Gasteiger partial charge in [0.05, 0.1) is 4.90 Å². The molecule has 0 aliphatic heterocycles. The van der Waals surface area contributed by atoms with Crippen molar-refractivity contribution in [2.24, 2.45) is 4.99 Å². The third kappa shape index (κ3) is 8.39. The van der Waals surface area contributed by atoms with Crippen LogP contribution in [0.5, 0.6) is 0 Å². The average molecular weight is 483 g/mol. The van der Waals surface area contributed by atoms with Gasteiger partial charge in [-0.15, -0.1) is 30.6 Å². The van der Waals surface area contributed by atoms with Gasteiger partial charge in [0, 0.05) is 37.9 Å². The highest BCUT2D eigenvalue weighted by atomic mass is 127. The van der Waals surface area contributed by atoms with Crippen molar-refractivity contribution in [3.63, 3.8) is 0 Å². The van der Waals surface area contributed by atoms with Gasteiger partial charge < -0.3 is 10.6 Å². The van der Waals surface area contributed by atoms with E-state index in [-0.39, 0.29) is 24.0 Å². The molecule has 0 heterocycles. The molecule has 24 heavy (non-hydrogen) atoms. The van der Waals surface area contributed by atoms with Gasteiger partial charge in [-0.3, -0.25) is 4.99 Å². The van der Waals surface area contributed by atoms with Gasteiger partial charge in [-0.1, -0.05) is 18.2 Å². The normalized spacial score (nSPS) is 11.5. The summed E-state index contributed by atoms with van der Waals surface area (Å²) in [6.45, 7) is 6.91. The molecule has 0 spiro atoms. The van der Waals surface area contributed by atoms with Gasteiger partial charge in [0.2, 0.25) is 0 Å². The third-order valence-corrected chi connectivity index (χ3v) is 5.32. The van der Waals surface area contributed by atoms with Crippen molar-refractivity contribution in [1.29, 1.82) is 0 Å². The molecule has 0 atom stereocenters. The first kappa shape index (κ1) is 23.3. The monoisotopic (exact) mass is 483 g/mol. The molecule has 0 saturated carbocycles. The van der Waals surface area contributed by atoms with Crippen LogP contribution in [0.4, 0.5) is 0 Å². The van der Waals surface area contributed by atoms with Crippen molar-refractivity contribution in [3.8, 4) is 0 Å². The van der Waals surface area contributed by atoms with E-state index < -0.39 is 9.84 Å². The van der Waals surface area contributed by atoms with E-state index >= 15 is 0 Å². The summed E-state index contributed by atoms with van der Waals surface area (Å²) in [4.78, 5) is 4.55. The van der Waals surface area contributed by atoms with Gasteiger partial charge in [0.25, 0.3) is 0 Å². The smallest absolute Gasteiger partial charge is 0.191 e. The molecule has 0 radical (unpaired) electrons. The molecule has 136 valence electrons. The fraction of sp³-hybridized carbons (Fsp3) is 0.438. The largest absolute Gasteiger partial charge is 0.356 e. The minimum atomic E-state index is -3.17. The number of benzene rings is 1. The molecule has 0 aliphatic rings. The van der Waals surface area contributed by atoms with Gasteiger partial charge >= 0.3 is 0 Å². The lowest BCUT2D eigenvalue weighted by Crippen LogP contribution is -2.38. The predicted octanol–water partition coefficient (Wildman–Crippen LogP) is 2.60. The van der Waals surface area contributed by atoms with E-state index in [2.05, 4.69) is 22.2 Å². The maximum atomic E-state index is 11.6. The van der Waals surface area contributed by atoms with Crippen LogP contribution in [-0.4, -0.2) is 45.7 Å². The molecule has 8 heteroatoms. The lowest BCUT2D eigenvalue weighted by molar-refractivity contribution is 0.601. The second kappa shape index (κ2) is 11.8. The zero-order chi connectivity index (χ0) is 17.3. The SMILES string of the molecule is C=CCSCCNC(=NC)NCc1ccc(S(C)(=O)=O)c(C)c1.I. The van der Waals surface area contributed by atoms with Crippen LogP contribution in [0, 0.1) is 6.92 Å². The minimum Gasteiger partial charge on any atom is -0.356 e. The summed E-state index contributed by atoms with van der Waals surface area (Å²) in [7, 11) is -1.45. The summed E-state index contributed by atoms with van der Waals surface area (Å²) in [6, 6.07) is 5.37. The Morgan fingerprint density at radius 2 is 2.08 bits per heavy atom. The summed E-state index contributed by atoms with van der Waals surface area (Å²) in [5.74, 6) is 2.66. The molecule has 5 nitrogen and oxygen atoms in total. The molecule has 1 aromatic rings. The van der Waals surface area contributed by atoms with E-state index in [0.29, 0.717) is 11.4 Å². The molecule has 1 rings (SSSR count). The molecular formula is C16H26IN3O2S2. The van der Waals surface area contributed by atoms with E-state index in [1.165, 1.54) is 6.26 Å². The van der Waals surface area contributed by atoms with Crippen LogP contribution in [0.15, 0.2) is 40.7 Å². The molecule has 2 N–H and O–H groups in total. The van der Waals surface area contributed by atoms with Crippen molar-refractivity contribution in [3.05, 3.63) is 42.0 Å². The molecule has 0 aliphatic carbocycles. The molecule has 0 saturated heterocycles. The van der Waals surface area contributed by atoms with Crippen molar-refractivity contribution in [1.82, 2.24) is 10.6 Å². The average Bonchev–Trinajstić information content (AvgIpc) is 2.49. The van der Waals surface area contributed by atoms with Gasteiger partial charge in [0.15, 0.2) is 15.8 Å². The first-order valence-corrected chi connectivity index (χ1v) is 10.4.